The van der Waals surface area contributed by atoms with Gasteiger partial charge in [0.25, 0.3) is 5.91 Å². The molecule has 0 radical (unpaired) electrons. The second-order valence-corrected chi connectivity index (χ2v) is 6.36. The highest BCUT2D eigenvalue weighted by Crippen LogP contribution is 2.27. The third kappa shape index (κ3) is 5.00. The highest BCUT2D eigenvalue weighted by Gasteiger charge is 2.18. The molecule has 0 spiro atoms. The number of aromatic nitrogens is 1. The lowest BCUT2D eigenvalue weighted by Gasteiger charge is -2.21. The normalized spacial score (nSPS) is 10.5. The third-order valence-corrected chi connectivity index (χ3v) is 4.13. The molecular formula is C19H16Cl2N2O3. The standard InChI is InChI=1S/C19H16Cl2N2O3/c20-14-6-7-18(17(21)10-14)26-13-19(24)23(12-16-5-3-9-25-16)11-15-4-1-2-8-22-15/h1-10H,11-13H2. The van der Waals surface area contributed by atoms with Crippen molar-refractivity contribution in [3.05, 3.63) is 82.5 Å². The van der Waals surface area contributed by atoms with Gasteiger partial charge in [0, 0.05) is 11.2 Å². The zero-order valence-corrected chi connectivity index (χ0v) is 15.3. The van der Waals surface area contributed by atoms with E-state index in [0.717, 1.165) is 5.69 Å². The van der Waals surface area contributed by atoms with E-state index in [-0.39, 0.29) is 12.5 Å². The highest BCUT2D eigenvalue weighted by molar-refractivity contribution is 6.35. The molecule has 5 nitrogen and oxygen atoms in total. The molecule has 0 saturated heterocycles. The zero-order valence-electron chi connectivity index (χ0n) is 13.8. The largest absolute Gasteiger partial charge is 0.482 e. The van der Waals surface area contributed by atoms with Crippen LogP contribution in [0.4, 0.5) is 0 Å². The van der Waals surface area contributed by atoms with Crippen molar-refractivity contribution in [2.45, 2.75) is 13.1 Å². The van der Waals surface area contributed by atoms with Gasteiger partial charge < -0.3 is 14.1 Å². The summed E-state index contributed by atoms with van der Waals surface area (Å²) >= 11 is 11.9. The molecular weight excluding hydrogens is 375 g/mol. The first-order chi connectivity index (χ1) is 12.6. The van der Waals surface area contributed by atoms with E-state index in [1.165, 1.54) is 0 Å². The molecule has 134 valence electrons. The fourth-order valence-electron chi connectivity index (χ4n) is 2.33. The number of carbonyl (C=O) groups is 1. The Hall–Kier alpha value is -2.50. The van der Waals surface area contributed by atoms with Crippen LogP contribution in [-0.4, -0.2) is 22.4 Å². The van der Waals surface area contributed by atoms with Gasteiger partial charge in [-0.2, -0.15) is 0 Å². The van der Waals surface area contributed by atoms with E-state index in [1.54, 1.807) is 41.6 Å². The van der Waals surface area contributed by atoms with Crippen molar-refractivity contribution in [2.24, 2.45) is 0 Å². The maximum Gasteiger partial charge on any atom is 0.261 e. The fourth-order valence-corrected chi connectivity index (χ4v) is 2.80. The van der Waals surface area contributed by atoms with Crippen LogP contribution in [0.5, 0.6) is 5.75 Å². The van der Waals surface area contributed by atoms with Gasteiger partial charge >= 0.3 is 0 Å². The van der Waals surface area contributed by atoms with Crippen molar-refractivity contribution in [1.29, 1.82) is 0 Å². The Morgan fingerprint density at radius 3 is 2.69 bits per heavy atom. The summed E-state index contributed by atoms with van der Waals surface area (Å²) in [5, 5.41) is 0.857. The van der Waals surface area contributed by atoms with Gasteiger partial charge in [-0.15, -0.1) is 0 Å². The number of hydrogen-bond donors (Lipinski definition) is 0. The molecule has 0 atom stereocenters. The lowest BCUT2D eigenvalue weighted by Crippen LogP contribution is -2.34. The van der Waals surface area contributed by atoms with Crippen molar-refractivity contribution >= 4 is 29.1 Å². The van der Waals surface area contributed by atoms with E-state index in [0.29, 0.717) is 34.6 Å². The quantitative estimate of drug-likeness (QED) is 0.591. The Morgan fingerprint density at radius 2 is 2.00 bits per heavy atom. The number of rotatable bonds is 7. The molecule has 1 aromatic carbocycles. The van der Waals surface area contributed by atoms with Crippen LogP contribution in [0.25, 0.3) is 0 Å². The summed E-state index contributed by atoms with van der Waals surface area (Å²) in [4.78, 5) is 18.6. The summed E-state index contributed by atoms with van der Waals surface area (Å²) in [5.41, 5.74) is 0.775. The number of pyridine rings is 1. The van der Waals surface area contributed by atoms with Crippen LogP contribution in [0.3, 0.4) is 0 Å². The molecule has 7 heteroatoms. The number of benzene rings is 1. The van der Waals surface area contributed by atoms with Gasteiger partial charge in [-0.3, -0.25) is 9.78 Å². The van der Waals surface area contributed by atoms with Gasteiger partial charge in [0.05, 0.1) is 30.1 Å². The van der Waals surface area contributed by atoms with Crippen molar-refractivity contribution in [2.75, 3.05) is 6.61 Å². The zero-order chi connectivity index (χ0) is 18.4. The molecule has 0 N–H and O–H groups in total. The van der Waals surface area contributed by atoms with Gasteiger partial charge in [-0.05, 0) is 42.5 Å². The summed E-state index contributed by atoms with van der Waals surface area (Å²) < 4.78 is 10.9. The Labute approximate surface area is 161 Å². The molecule has 0 saturated carbocycles. The van der Waals surface area contributed by atoms with Gasteiger partial charge in [0.2, 0.25) is 0 Å². The van der Waals surface area contributed by atoms with Crippen molar-refractivity contribution in [3.8, 4) is 5.75 Å². The van der Waals surface area contributed by atoms with Crippen LogP contribution in [0, 0.1) is 0 Å². The van der Waals surface area contributed by atoms with Crippen LogP contribution >= 0.6 is 23.2 Å². The topological polar surface area (TPSA) is 55.6 Å². The molecule has 26 heavy (non-hydrogen) atoms. The smallest absolute Gasteiger partial charge is 0.261 e. The number of halogens is 2. The molecule has 0 aliphatic heterocycles. The van der Waals surface area contributed by atoms with Gasteiger partial charge in [0.1, 0.15) is 11.5 Å². The third-order valence-electron chi connectivity index (χ3n) is 3.60. The number of carbonyl (C=O) groups excluding carboxylic acids is 1. The number of ether oxygens (including phenoxy) is 1. The minimum absolute atomic E-state index is 0.158. The second-order valence-electron chi connectivity index (χ2n) is 5.51. The van der Waals surface area contributed by atoms with E-state index in [2.05, 4.69) is 4.98 Å². The summed E-state index contributed by atoms with van der Waals surface area (Å²) in [6, 6.07) is 14.0. The molecule has 0 unspecified atom stereocenters. The van der Waals surface area contributed by atoms with E-state index in [1.807, 2.05) is 24.3 Å². The van der Waals surface area contributed by atoms with Crippen LogP contribution in [0.2, 0.25) is 10.0 Å². The van der Waals surface area contributed by atoms with Crippen LogP contribution in [-0.2, 0) is 17.9 Å². The maximum atomic E-state index is 12.7. The monoisotopic (exact) mass is 390 g/mol. The Kier molecular flexibility index (Phi) is 6.15. The van der Waals surface area contributed by atoms with Gasteiger partial charge in [-0.25, -0.2) is 0 Å². The predicted molar refractivity (Wildman–Crippen MR) is 99.2 cm³/mol. The molecule has 1 amide bonds. The number of amides is 1. The molecule has 2 heterocycles. The minimum Gasteiger partial charge on any atom is -0.482 e. The van der Waals surface area contributed by atoms with Gasteiger partial charge in [-0.1, -0.05) is 29.3 Å². The van der Waals surface area contributed by atoms with Crippen molar-refractivity contribution in [3.63, 3.8) is 0 Å². The van der Waals surface area contributed by atoms with E-state index >= 15 is 0 Å². The SMILES string of the molecule is O=C(COc1ccc(Cl)cc1Cl)N(Cc1ccccn1)Cc1ccco1. The molecule has 0 aliphatic rings. The van der Waals surface area contributed by atoms with E-state index in [9.17, 15) is 4.79 Å². The molecule has 0 aliphatic carbocycles. The van der Waals surface area contributed by atoms with Crippen LogP contribution in [0.1, 0.15) is 11.5 Å². The molecule has 3 aromatic rings. The van der Waals surface area contributed by atoms with E-state index in [4.69, 9.17) is 32.4 Å². The maximum absolute atomic E-state index is 12.7. The average Bonchev–Trinajstić information content (AvgIpc) is 3.14. The predicted octanol–water partition coefficient (Wildman–Crippen LogP) is 4.59. The highest BCUT2D eigenvalue weighted by atomic mass is 35.5. The lowest BCUT2D eigenvalue weighted by atomic mass is 10.3. The number of hydrogen-bond acceptors (Lipinski definition) is 4. The number of furan rings is 1. The van der Waals surface area contributed by atoms with Crippen molar-refractivity contribution < 1.29 is 13.9 Å². The Balaban J connectivity index is 1.69. The molecule has 3 rings (SSSR count). The van der Waals surface area contributed by atoms with E-state index < -0.39 is 0 Å². The summed E-state index contributed by atoms with van der Waals surface area (Å²) in [6.45, 7) is 0.507. The molecule has 0 fully saturated rings. The fraction of sp³-hybridized carbons (Fsp3) is 0.158. The Morgan fingerprint density at radius 1 is 1.12 bits per heavy atom. The first-order valence-electron chi connectivity index (χ1n) is 7.90. The van der Waals surface area contributed by atoms with Gasteiger partial charge in [0.15, 0.2) is 6.61 Å². The lowest BCUT2D eigenvalue weighted by molar-refractivity contribution is -0.135. The summed E-state index contributed by atoms with van der Waals surface area (Å²) in [6.07, 6.45) is 3.26. The molecule has 2 aromatic heterocycles. The second kappa shape index (κ2) is 8.74. The van der Waals surface area contributed by atoms with Crippen LogP contribution < -0.4 is 4.74 Å². The Bertz CT molecular complexity index is 854. The first-order valence-corrected chi connectivity index (χ1v) is 8.65. The first kappa shape index (κ1) is 18.3. The summed E-state index contributed by atoms with van der Waals surface area (Å²) in [7, 11) is 0. The molecule has 0 bridgehead atoms. The van der Waals surface area contributed by atoms with Crippen LogP contribution in [0.15, 0.2) is 65.4 Å². The van der Waals surface area contributed by atoms with Crippen molar-refractivity contribution in [1.82, 2.24) is 9.88 Å². The minimum atomic E-state index is -0.210. The summed E-state index contributed by atoms with van der Waals surface area (Å²) in [5.74, 6) is 0.872. The average molecular weight is 391 g/mol. The number of nitrogens with zero attached hydrogens (tertiary/aromatic N) is 2.